The number of carbonyl (C=O) groups is 2. The van der Waals surface area contributed by atoms with Crippen molar-refractivity contribution in [2.24, 2.45) is 0 Å². The third kappa shape index (κ3) is 7.71. The first-order valence-electron chi connectivity index (χ1n) is 5.35. The third-order valence-electron chi connectivity index (χ3n) is 2.06. The molecule has 0 fully saturated rings. The predicted molar refractivity (Wildman–Crippen MR) is 58.2 cm³/mol. The minimum absolute atomic E-state index is 0.225. The highest BCUT2D eigenvalue weighted by molar-refractivity contribution is 5.80. The first-order valence-corrected chi connectivity index (χ1v) is 5.35. The molecule has 14 heavy (non-hydrogen) atoms. The highest BCUT2D eigenvalue weighted by Crippen LogP contribution is 2.05. The Bertz CT molecular complexity index is 194. The van der Waals surface area contributed by atoms with Gasteiger partial charge in [-0.3, -0.25) is 9.59 Å². The molecule has 0 aromatic heterocycles. The number of Topliss-reactive ketones (excluding diaryl/α,β-unsaturated/α-hetero) is 2. The maximum absolute atomic E-state index is 11.1. The fourth-order valence-electron chi connectivity index (χ4n) is 1.31. The fraction of sp³-hybridized carbons (Fsp3) is 0.667. The van der Waals surface area contributed by atoms with Crippen molar-refractivity contribution in [3.8, 4) is 0 Å². The summed E-state index contributed by atoms with van der Waals surface area (Å²) < 4.78 is 0. The molecule has 0 atom stereocenters. The molecule has 0 radical (unpaired) electrons. The number of hydrogen-bond acceptors (Lipinski definition) is 2. The summed E-state index contributed by atoms with van der Waals surface area (Å²) in [5, 5.41) is 0. The van der Waals surface area contributed by atoms with E-state index in [4.69, 9.17) is 0 Å². The zero-order chi connectivity index (χ0) is 10.8. The van der Waals surface area contributed by atoms with Gasteiger partial charge in [0.15, 0.2) is 0 Å². The van der Waals surface area contributed by atoms with Gasteiger partial charge in [-0.25, -0.2) is 0 Å². The highest BCUT2D eigenvalue weighted by atomic mass is 16.1. The monoisotopic (exact) mass is 196 g/mol. The lowest BCUT2D eigenvalue weighted by atomic mass is 10.1. The van der Waals surface area contributed by atoms with Crippen LogP contribution in [0.1, 0.15) is 51.9 Å². The molecule has 0 bridgehead atoms. The molecule has 2 nitrogen and oxygen atoms in total. The van der Waals surface area contributed by atoms with Gasteiger partial charge in [-0.1, -0.05) is 13.0 Å². The quantitative estimate of drug-likeness (QED) is 0.419. The van der Waals surface area contributed by atoms with Gasteiger partial charge < -0.3 is 0 Å². The second-order valence-electron chi connectivity index (χ2n) is 3.53. The number of carbonyl (C=O) groups excluding carboxylic acids is 2. The number of allylic oxidation sites excluding steroid dienone is 1. The molecule has 0 saturated carbocycles. The second-order valence-corrected chi connectivity index (χ2v) is 3.53. The Morgan fingerprint density at radius 3 is 2.14 bits per heavy atom. The van der Waals surface area contributed by atoms with Crippen molar-refractivity contribution in [2.45, 2.75) is 51.9 Å². The van der Waals surface area contributed by atoms with Crippen LogP contribution in [-0.2, 0) is 9.59 Å². The first-order chi connectivity index (χ1) is 6.70. The van der Waals surface area contributed by atoms with Gasteiger partial charge in [0.05, 0.1) is 0 Å². The molecule has 2 heteroatoms. The Morgan fingerprint density at radius 1 is 1.07 bits per heavy atom. The minimum Gasteiger partial charge on any atom is -0.300 e. The molecule has 0 aliphatic heterocycles. The van der Waals surface area contributed by atoms with Crippen LogP contribution in [0.15, 0.2) is 12.7 Å². The van der Waals surface area contributed by atoms with Gasteiger partial charge >= 0.3 is 0 Å². The van der Waals surface area contributed by atoms with Crippen LogP contribution in [0, 0.1) is 0 Å². The van der Waals surface area contributed by atoms with Crippen molar-refractivity contribution in [1.82, 2.24) is 0 Å². The van der Waals surface area contributed by atoms with E-state index < -0.39 is 0 Å². The molecule has 0 saturated heterocycles. The van der Waals surface area contributed by atoms with E-state index in [0.29, 0.717) is 31.5 Å². The van der Waals surface area contributed by atoms with Crippen molar-refractivity contribution < 1.29 is 9.59 Å². The smallest absolute Gasteiger partial charge is 0.136 e. The zero-order valence-electron chi connectivity index (χ0n) is 9.05. The summed E-state index contributed by atoms with van der Waals surface area (Å²) in [5.74, 6) is 0.548. The molecule has 80 valence electrons. The molecular weight excluding hydrogens is 176 g/mol. The van der Waals surface area contributed by atoms with Gasteiger partial charge in [0.25, 0.3) is 0 Å². The normalized spacial score (nSPS) is 9.79. The van der Waals surface area contributed by atoms with Gasteiger partial charge in [0.2, 0.25) is 0 Å². The molecule has 0 rings (SSSR count). The third-order valence-corrected chi connectivity index (χ3v) is 2.06. The molecule has 0 spiro atoms. The topological polar surface area (TPSA) is 34.1 Å². The average molecular weight is 196 g/mol. The van der Waals surface area contributed by atoms with Crippen LogP contribution >= 0.6 is 0 Å². The first kappa shape index (κ1) is 13.1. The van der Waals surface area contributed by atoms with Crippen LogP contribution in [-0.4, -0.2) is 11.6 Å². The Labute approximate surface area is 86.4 Å². The SMILES string of the molecule is C=CCC(=O)CCCCC(=O)CCC. The van der Waals surface area contributed by atoms with Gasteiger partial charge in [0.1, 0.15) is 11.6 Å². The highest BCUT2D eigenvalue weighted by Gasteiger charge is 2.02. The lowest BCUT2D eigenvalue weighted by Crippen LogP contribution is -1.99. The largest absolute Gasteiger partial charge is 0.300 e. The van der Waals surface area contributed by atoms with E-state index in [1.807, 2.05) is 6.92 Å². The molecule has 0 heterocycles. The number of unbranched alkanes of at least 4 members (excludes halogenated alkanes) is 1. The van der Waals surface area contributed by atoms with Crippen LogP contribution in [0.3, 0.4) is 0 Å². The molecule has 0 aromatic rings. The maximum atomic E-state index is 11.1. The summed E-state index contributed by atoms with van der Waals surface area (Å²) in [6.45, 7) is 5.51. The summed E-state index contributed by atoms with van der Waals surface area (Å²) in [6, 6.07) is 0. The summed E-state index contributed by atoms with van der Waals surface area (Å²) in [7, 11) is 0. The van der Waals surface area contributed by atoms with Crippen LogP contribution < -0.4 is 0 Å². The lowest BCUT2D eigenvalue weighted by molar-refractivity contribution is -0.120. The Morgan fingerprint density at radius 2 is 1.64 bits per heavy atom. The molecule has 0 unspecified atom stereocenters. The predicted octanol–water partition coefficient (Wildman–Crippen LogP) is 3.06. The molecule has 0 aromatic carbocycles. The van der Waals surface area contributed by atoms with E-state index in [0.717, 1.165) is 19.3 Å². The Kier molecular flexibility index (Phi) is 8.10. The van der Waals surface area contributed by atoms with E-state index in [2.05, 4.69) is 6.58 Å². The van der Waals surface area contributed by atoms with Gasteiger partial charge in [-0.2, -0.15) is 0 Å². The van der Waals surface area contributed by atoms with Crippen LogP contribution in [0.2, 0.25) is 0 Å². The van der Waals surface area contributed by atoms with E-state index in [1.165, 1.54) is 0 Å². The van der Waals surface area contributed by atoms with E-state index >= 15 is 0 Å². The maximum Gasteiger partial charge on any atom is 0.136 e. The summed E-state index contributed by atoms with van der Waals surface area (Å²) in [5.41, 5.74) is 0. The van der Waals surface area contributed by atoms with Gasteiger partial charge in [-0.05, 0) is 19.3 Å². The van der Waals surface area contributed by atoms with Crippen LogP contribution in [0.4, 0.5) is 0 Å². The summed E-state index contributed by atoms with van der Waals surface area (Å²) in [6.07, 6.45) is 6.60. The van der Waals surface area contributed by atoms with Crippen LogP contribution in [0.25, 0.3) is 0 Å². The van der Waals surface area contributed by atoms with Crippen LogP contribution in [0.5, 0.6) is 0 Å². The van der Waals surface area contributed by atoms with Crippen molar-refractivity contribution in [1.29, 1.82) is 0 Å². The number of rotatable bonds is 9. The average Bonchev–Trinajstić information content (AvgIpc) is 2.13. The number of ketones is 2. The van der Waals surface area contributed by atoms with E-state index in [-0.39, 0.29) is 5.78 Å². The standard InChI is InChI=1S/C12H20O2/c1-3-7-11(13)9-5-6-10-12(14)8-4-2/h3H,1,4-10H2,2H3. The van der Waals surface area contributed by atoms with Crippen molar-refractivity contribution in [3.63, 3.8) is 0 Å². The zero-order valence-corrected chi connectivity index (χ0v) is 9.05. The summed E-state index contributed by atoms with van der Waals surface area (Å²) >= 11 is 0. The van der Waals surface area contributed by atoms with E-state index in [1.54, 1.807) is 6.08 Å². The van der Waals surface area contributed by atoms with E-state index in [9.17, 15) is 9.59 Å². The Balaban J connectivity index is 3.32. The second kappa shape index (κ2) is 8.67. The van der Waals surface area contributed by atoms with Crippen molar-refractivity contribution in [3.05, 3.63) is 12.7 Å². The lowest BCUT2D eigenvalue weighted by Gasteiger charge is -1.99. The fourth-order valence-corrected chi connectivity index (χ4v) is 1.31. The Hall–Kier alpha value is -0.920. The molecule has 0 aliphatic rings. The molecular formula is C12H20O2. The molecule has 0 N–H and O–H groups in total. The number of hydrogen-bond donors (Lipinski definition) is 0. The van der Waals surface area contributed by atoms with Crippen molar-refractivity contribution in [2.75, 3.05) is 0 Å². The van der Waals surface area contributed by atoms with Gasteiger partial charge in [-0.15, -0.1) is 6.58 Å². The summed E-state index contributed by atoms with van der Waals surface area (Å²) in [4.78, 5) is 22.2. The van der Waals surface area contributed by atoms with Gasteiger partial charge in [0, 0.05) is 25.7 Å². The minimum atomic E-state index is 0.225. The molecule has 0 aliphatic carbocycles. The molecule has 0 amide bonds. The van der Waals surface area contributed by atoms with Crippen molar-refractivity contribution >= 4 is 11.6 Å².